The van der Waals surface area contributed by atoms with Gasteiger partial charge in [0.2, 0.25) is 5.95 Å². The lowest BCUT2D eigenvalue weighted by Gasteiger charge is -2.08. The molecule has 1 aromatic heterocycles. The quantitative estimate of drug-likeness (QED) is 0.688. The first-order valence-electron chi connectivity index (χ1n) is 7.83. The van der Waals surface area contributed by atoms with Crippen LogP contribution in [-0.2, 0) is 13.1 Å². The number of halogens is 1. The molecule has 0 aliphatic rings. The van der Waals surface area contributed by atoms with Crippen LogP contribution >= 0.6 is 12.2 Å². The second-order valence-electron chi connectivity index (χ2n) is 5.65. The molecule has 2 aromatic carbocycles. The normalized spacial score (nSPS) is 10.5. The van der Waals surface area contributed by atoms with E-state index in [2.05, 4.69) is 32.8 Å². The summed E-state index contributed by atoms with van der Waals surface area (Å²) in [5, 5.41) is 10.7. The number of rotatable bonds is 5. The molecule has 0 aliphatic carbocycles. The van der Waals surface area contributed by atoms with Crippen molar-refractivity contribution in [3.63, 3.8) is 0 Å². The van der Waals surface area contributed by atoms with Gasteiger partial charge >= 0.3 is 0 Å². The molecular weight excluding hydrogens is 337 g/mol. The maximum Gasteiger partial charge on any atom is 0.248 e. The maximum atomic E-state index is 13.7. The topological polar surface area (TPSA) is 54.8 Å². The van der Waals surface area contributed by atoms with Gasteiger partial charge in [0.05, 0.1) is 6.54 Å². The third kappa shape index (κ3) is 4.84. The molecule has 0 amide bonds. The van der Waals surface area contributed by atoms with Crippen LogP contribution in [-0.4, -0.2) is 19.9 Å². The number of anilines is 1. The predicted octanol–water partition coefficient (Wildman–Crippen LogP) is 3.26. The molecule has 0 aliphatic heterocycles. The third-order valence-corrected chi connectivity index (χ3v) is 3.87. The van der Waals surface area contributed by atoms with Crippen LogP contribution in [0.1, 0.15) is 16.7 Å². The highest BCUT2D eigenvalue weighted by molar-refractivity contribution is 7.80. The Hall–Kier alpha value is -2.80. The Morgan fingerprint density at radius 3 is 2.68 bits per heavy atom. The molecule has 3 aromatic rings. The Labute approximate surface area is 150 Å². The number of hydrogen-bond acceptors (Lipinski definition) is 3. The smallest absolute Gasteiger partial charge is 0.248 e. The second kappa shape index (κ2) is 7.85. The first-order chi connectivity index (χ1) is 12.1. The van der Waals surface area contributed by atoms with E-state index in [9.17, 15) is 4.39 Å². The fourth-order valence-corrected chi connectivity index (χ4v) is 2.43. The summed E-state index contributed by atoms with van der Waals surface area (Å²) in [6.07, 6.45) is 1.54. The number of aromatic nitrogens is 3. The van der Waals surface area contributed by atoms with Crippen molar-refractivity contribution in [1.82, 2.24) is 20.1 Å². The molecule has 2 N–H and O–H groups in total. The molecule has 25 heavy (non-hydrogen) atoms. The molecule has 0 saturated heterocycles. The van der Waals surface area contributed by atoms with Gasteiger partial charge in [-0.3, -0.25) is 5.32 Å². The average Bonchev–Trinajstić information content (AvgIpc) is 3.03. The van der Waals surface area contributed by atoms with Crippen molar-refractivity contribution in [2.75, 3.05) is 5.32 Å². The number of aryl methyl sites for hydroxylation is 1. The lowest BCUT2D eigenvalue weighted by Crippen LogP contribution is -2.28. The molecule has 0 atom stereocenters. The van der Waals surface area contributed by atoms with E-state index in [4.69, 9.17) is 12.2 Å². The van der Waals surface area contributed by atoms with Crippen molar-refractivity contribution in [2.45, 2.75) is 20.0 Å². The lowest BCUT2D eigenvalue weighted by atomic mass is 10.1. The molecule has 5 nitrogen and oxygen atoms in total. The summed E-state index contributed by atoms with van der Waals surface area (Å²) in [6, 6.07) is 14.8. The molecular formula is C18H18FN5S. The van der Waals surface area contributed by atoms with E-state index < -0.39 is 0 Å². The Balaban J connectivity index is 1.53. The van der Waals surface area contributed by atoms with Crippen molar-refractivity contribution in [3.8, 4) is 0 Å². The zero-order chi connectivity index (χ0) is 17.6. The van der Waals surface area contributed by atoms with Gasteiger partial charge in [-0.1, -0.05) is 48.0 Å². The molecule has 128 valence electrons. The van der Waals surface area contributed by atoms with Crippen molar-refractivity contribution in [3.05, 3.63) is 77.4 Å². The second-order valence-corrected chi connectivity index (χ2v) is 6.06. The summed E-state index contributed by atoms with van der Waals surface area (Å²) < 4.78 is 15.2. The van der Waals surface area contributed by atoms with Crippen LogP contribution in [0.4, 0.5) is 10.3 Å². The zero-order valence-electron chi connectivity index (χ0n) is 13.7. The van der Waals surface area contributed by atoms with Crippen molar-refractivity contribution >= 4 is 23.3 Å². The molecule has 0 saturated carbocycles. The van der Waals surface area contributed by atoms with Gasteiger partial charge in [-0.15, -0.1) is 5.10 Å². The van der Waals surface area contributed by atoms with Gasteiger partial charge in [0.25, 0.3) is 0 Å². The van der Waals surface area contributed by atoms with Gasteiger partial charge in [0, 0.05) is 12.1 Å². The summed E-state index contributed by atoms with van der Waals surface area (Å²) in [5.41, 5.74) is 2.90. The largest absolute Gasteiger partial charge is 0.358 e. The van der Waals surface area contributed by atoms with Crippen LogP contribution in [0, 0.1) is 12.7 Å². The molecule has 0 radical (unpaired) electrons. The predicted molar refractivity (Wildman–Crippen MR) is 99.8 cm³/mol. The number of thiocarbonyl (C=S) groups is 1. The van der Waals surface area contributed by atoms with Gasteiger partial charge < -0.3 is 5.32 Å². The van der Waals surface area contributed by atoms with Crippen LogP contribution in [0.15, 0.2) is 54.9 Å². The van der Waals surface area contributed by atoms with Crippen LogP contribution in [0.2, 0.25) is 0 Å². The standard InChI is InChI=1S/C18H18FN5S/c1-13-6-8-14(9-7-13)10-20-18(25)22-17-21-12-24(23-17)11-15-4-2-3-5-16(15)19/h2-9,12H,10-11H2,1H3,(H2,20,22,23,25). The highest BCUT2D eigenvalue weighted by Gasteiger charge is 2.06. The average molecular weight is 355 g/mol. The van der Waals surface area contributed by atoms with Crippen LogP contribution in [0.5, 0.6) is 0 Å². The monoisotopic (exact) mass is 355 g/mol. The fourth-order valence-electron chi connectivity index (χ4n) is 2.26. The van der Waals surface area contributed by atoms with Gasteiger partial charge in [0.1, 0.15) is 12.1 Å². The zero-order valence-corrected chi connectivity index (χ0v) is 14.6. The summed E-state index contributed by atoms with van der Waals surface area (Å²) in [5.74, 6) is 0.112. The summed E-state index contributed by atoms with van der Waals surface area (Å²) in [7, 11) is 0. The SMILES string of the molecule is Cc1ccc(CNC(=S)Nc2ncn(Cc3ccccc3F)n2)cc1. The third-order valence-electron chi connectivity index (χ3n) is 3.63. The fraction of sp³-hybridized carbons (Fsp3) is 0.167. The summed E-state index contributed by atoms with van der Waals surface area (Å²) in [6.45, 7) is 2.97. The Morgan fingerprint density at radius 2 is 1.92 bits per heavy atom. The first-order valence-corrected chi connectivity index (χ1v) is 8.24. The summed E-state index contributed by atoms with van der Waals surface area (Å²) >= 11 is 5.25. The van der Waals surface area contributed by atoms with E-state index in [1.54, 1.807) is 22.9 Å². The molecule has 0 spiro atoms. The molecule has 0 bridgehead atoms. The van der Waals surface area contributed by atoms with Gasteiger partial charge in [-0.05, 0) is 30.8 Å². The van der Waals surface area contributed by atoms with Crippen molar-refractivity contribution in [1.29, 1.82) is 0 Å². The first kappa shape index (κ1) is 17.0. The lowest BCUT2D eigenvalue weighted by molar-refractivity contribution is 0.585. The van der Waals surface area contributed by atoms with Gasteiger partial charge in [-0.2, -0.15) is 0 Å². The van der Waals surface area contributed by atoms with Crippen LogP contribution in [0.25, 0.3) is 0 Å². The van der Waals surface area contributed by atoms with Crippen molar-refractivity contribution < 1.29 is 4.39 Å². The van der Waals surface area contributed by atoms with E-state index in [-0.39, 0.29) is 5.82 Å². The summed E-state index contributed by atoms with van der Waals surface area (Å²) in [4.78, 5) is 4.14. The van der Waals surface area contributed by atoms with Gasteiger partial charge in [0.15, 0.2) is 5.11 Å². The van der Waals surface area contributed by atoms with Crippen LogP contribution < -0.4 is 10.6 Å². The number of nitrogens with one attached hydrogen (secondary N) is 2. The minimum Gasteiger partial charge on any atom is -0.358 e. The van der Waals surface area contributed by atoms with Crippen LogP contribution in [0.3, 0.4) is 0 Å². The number of hydrogen-bond donors (Lipinski definition) is 2. The molecule has 1 heterocycles. The van der Waals surface area contributed by atoms with E-state index >= 15 is 0 Å². The van der Waals surface area contributed by atoms with E-state index in [0.29, 0.717) is 29.7 Å². The minimum atomic E-state index is -0.261. The molecule has 3 rings (SSSR count). The minimum absolute atomic E-state index is 0.261. The van der Waals surface area contributed by atoms with E-state index in [1.807, 2.05) is 19.1 Å². The Kier molecular flexibility index (Phi) is 5.35. The molecule has 0 unspecified atom stereocenters. The number of nitrogens with zero attached hydrogens (tertiary/aromatic N) is 3. The Bertz CT molecular complexity index is 860. The molecule has 7 heteroatoms. The highest BCUT2D eigenvalue weighted by Crippen LogP contribution is 2.08. The highest BCUT2D eigenvalue weighted by atomic mass is 32.1. The Morgan fingerprint density at radius 1 is 1.16 bits per heavy atom. The van der Waals surface area contributed by atoms with Crippen molar-refractivity contribution in [2.24, 2.45) is 0 Å². The molecule has 0 fully saturated rings. The van der Waals surface area contributed by atoms with E-state index in [1.165, 1.54) is 18.0 Å². The van der Waals surface area contributed by atoms with E-state index in [0.717, 1.165) is 5.56 Å². The number of benzene rings is 2. The maximum absolute atomic E-state index is 13.7. The van der Waals surface area contributed by atoms with Gasteiger partial charge in [-0.25, -0.2) is 14.1 Å².